The number of carbonyl (C=O) groups is 4. The number of hydrogen-bond donors (Lipinski definition) is 2. The summed E-state index contributed by atoms with van der Waals surface area (Å²) in [7, 11) is 0. The number of aliphatic hydroxyl groups is 1. The van der Waals surface area contributed by atoms with Crippen molar-refractivity contribution in [3.05, 3.63) is 85.5 Å². The quantitative estimate of drug-likeness (QED) is 0.188. The lowest BCUT2D eigenvalue weighted by Crippen LogP contribution is -2.57. The van der Waals surface area contributed by atoms with Crippen molar-refractivity contribution in [2.75, 3.05) is 42.6 Å². The van der Waals surface area contributed by atoms with Crippen LogP contribution in [-0.4, -0.2) is 90.3 Å². The SMILES string of the molecule is C=CCCC(=O)NC[C@@H](C)OC(=O)[C@@H]1[C@H]2C(=O)N([C@H](CO)c3ccccc3)[C@H](C(=O)N(CC=C)c3ccc(N(CC)CC)cc3)[C@]23CC[C@H]1O3. The van der Waals surface area contributed by atoms with Crippen LogP contribution in [0, 0.1) is 11.8 Å². The van der Waals surface area contributed by atoms with Crippen molar-refractivity contribution in [1.29, 1.82) is 0 Å². The molecule has 2 N–H and O–H groups in total. The Balaban J connectivity index is 1.50. The van der Waals surface area contributed by atoms with Crippen molar-refractivity contribution in [3.63, 3.8) is 0 Å². The molecule has 7 atom stereocenters. The summed E-state index contributed by atoms with van der Waals surface area (Å²) in [6, 6.07) is 14.8. The van der Waals surface area contributed by atoms with E-state index in [4.69, 9.17) is 9.47 Å². The Bertz CT molecular complexity index is 1550. The van der Waals surface area contributed by atoms with Crippen LogP contribution in [0.3, 0.4) is 0 Å². The van der Waals surface area contributed by atoms with Gasteiger partial charge >= 0.3 is 5.97 Å². The molecule has 1 spiro atoms. The number of likely N-dealkylation sites (tertiary alicyclic amines) is 1. The third-order valence-corrected chi connectivity index (χ3v) is 10.3. The lowest BCUT2D eigenvalue weighted by atomic mass is 9.70. The molecule has 5 rings (SSSR count). The van der Waals surface area contributed by atoms with Crippen LogP contribution >= 0.6 is 0 Å². The normalized spacial score (nSPS) is 24.6. The molecule has 3 aliphatic heterocycles. The first-order chi connectivity index (χ1) is 24.1. The summed E-state index contributed by atoms with van der Waals surface area (Å²) in [6.07, 6.45) is 3.68. The van der Waals surface area contributed by atoms with Gasteiger partial charge in [0.15, 0.2) is 0 Å². The Hall–Kier alpha value is -4.48. The average Bonchev–Trinajstić information content (AvgIpc) is 3.78. The van der Waals surface area contributed by atoms with Gasteiger partial charge in [-0.1, -0.05) is 42.5 Å². The number of benzene rings is 2. The molecule has 3 aliphatic rings. The van der Waals surface area contributed by atoms with E-state index < -0.39 is 60.2 Å². The van der Waals surface area contributed by atoms with E-state index in [1.54, 1.807) is 24.0 Å². The van der Waals surface area contributed by atoms with Crippen molar-refractivity contribution in [1.82, 2.24) is 10.2 Å². The van der Waals surface area contributed by atoms with Gasteiger partial charge in [0.05, 0.1) is 37.1 Å². The Morgan fingerprint density at radius 1 is 1.08 bits per heavy atom. The minimum absolute atomic E-state index is 0.112. The molecule has 3 amide bonds. The zero-order chi connectivity index (χ0) is 36.0. The van der Waals surface area contributed by atoms with Gasteiger partial charge in [0.2, 0.25) is 11.8 Å². The molecule has 50 heavy (non-hydrogen) atoms. The maximum absolute atomic E-state index is 15.0. The third-order valence-electron chi connectivity index (χ3n) is 10.3. The molecule has 11 nitrogen and oxygen atoms in total. The van der Waals surface area contributed by atoms with Crippen LogP contribution in [-0.2, 0) is 28.7 Å². The van der Waals surface area contributed by atoms with E-state index in [0.717, 1.165) is 18.8 Å². The van der Waals surface area contributed by atoms with Crippen LogP contribution in [0.15, 0.2) is 79.9 Å². The summed E-state index contributed by atoms with van der Waals surface area (Å²) < 4.78 is 12.5. The maximum Gasteiger partial charge on any atom is 0.312 e. The smallest absolute Gasteiger partial charge is 0.312 e. The van der Waals surface area contributed by atoms with Gasteiger partial charge in [-0.05, 0) is 69.9 Å². The number of anilines is 2. The van der Waals surface area contributed by atoms with Crippen LogP contribution in [0.2, 0.25) is 0 Å². The van der Waals surface area contributed by atoms with Crippen molar-refractivity contribution in [2.24, 2.45) is 11.8 Å². The number of fused-ring (bicyclic) bond motifs is 1. The summed E-state index contributed by atoms with van der Waals surface area (Å²) in [5.74, 6) is -3.55. The first-order valence-corrected chi connectivity index (χ1v) is 17.7. The highest BCUT2D eigenvalue weighted by Crippen LogP contribution is 2.60. The highest BCUT2D eigenvalue weighted by atomic mass is 16.6. The van der Waals surface area contributed by atoms with Crippen molar-refractivity contribution < 1.29 is 33.8 Å². The molecule has 2 bridgehead atoms. The summed E-state index contributed by atoms with van der Waals surface area (Å²) in [6.45, 7) is 14.9. The molecule has 0 aliphatic carbocycles. The van der Waals surface area contributed by atoms with Gasteiger partial charge in [0, 0.05) is 37.4 Å². The number of esters is 1. The monoisotopic (exact) mass is 686 g/mol. The van der Waals surface area contributed by atoms with E-state index in [2.05, 4.69) is 37.2 Å². The molecular formula is C39H50N4O7. The molecule has 2 aromatic rings. The summed E-state index contributed by atoms with van der Waals surface area (Å²) >= 11 is 0. The first-order valence-electron chi connectivity index (χ1n) is 17.7. The van der Waals surface area contributed by atoms with Crippen LogP contribution in [0.25, 0.3) is 0 Å². The number of allylic oxidation sites excluding steroid dienone is 1. The van der Waals surface area contributed by atoms with E-state index in [1.807, 2.05) is 54.6 Å². The lowest BCUT2D eigenvalue weighted by molar-refractivity contribution is -0.159. The van der Waals surface area contributed by atoms with Gasteiger partial charge in [-0.15, -0.1) is 13.2 Å². The van der Waals surface area contributed by atoms with E-state index in [0.29, 0.717) is 30.5 Å². The van der Waals surface area contributed by atoms with Crippen molar-refractivity contribution in [2.45, 2.75) is 76.3 Å². The minimum Gasteiger partial charge on any atom is -0.460 e. The molecular weight excluding hydrogens is 636 g/mol. The summed E-state index contributed by atoms with van der Waals surface area (Å²) in [4.78, 5) is 61.0. The number of nitrogens with one attached hydrogen (secondary N) is 1. The van der Waals surface area contributed by atoms with Gasteiger partial charge in [-0.3, -0.25) is 19.2 Å². The standard InChI is InChI=1S/C39H50N4O7/c1-6-10-16-32(45)40-24-26(5)49-38(48)33-31-21-22-39(50-31)34(33)36(46)43(30(25-44)27-14-12-11-13-15-27)35(39)37(47)42(23-7-2)29-19-17-28(18-20-29)41(8-3)9-4/h6-7,11-15,17-20,26,30-31,33-35,44H,1-2,8-10,16,21-25H2,3-5H3,(H,40,45)/t26-,30-,31-,33+,34+,35-,39+/m1/s1. The number of amides is 3. The largest absolute Gasteiger partial charge is 0.460 e. The highest BCUT2D eigenvalue weighted by molar-refractivity contribution is 6.05. The predicted molar refractivity (Wildman–Crippen MR) is 191 cm³/mol. The highest BCUT2D eigenvalue weighted by Gasteiger charge is 2.75. The fourth-order valence-corrected chi connectivity index (χ4v) is 7.93. The average molecular weight is 687 g/mol. The fourth-order valence-electron chi connectivity index (χ4n) is 7.93. The molecule has 0 saturated carbocycles. The lowest BCUT2D eigenvalue weighted by Gasteiger charge is -2.39. The van der Waals surface area contributed by atoms with E-state index in [9.17, 15) is 19.5 Å². The summed E-state index contributed by atoms with van der Waals surface area (Å²) in [5.41, 5.74) is 1.000. The zero-order valence-electron chi connectivity index (χ0n) is 29.3. The van der Waals surface area contributed by atoms with Gasteiger partial charge in [-0.25, -0.2) is 0 Å². The predicted octanol–water partition coefficient (Wildman–Crippen LogP) is 4.17. The number of hydrogen-bond acceptors (Lipinski definition) is 8. The molecule has 3 heterocycles. The maximum atomic E-state index is 15.0. The van der Waals surface area contributed by atoms with E-state index >= 15 is 4.79 Å². The van der Waals surface area contributed by atoms with Gasteiger partial charge in [-0.2, -0.15) is 0 Å². The van der Waals surface area contributed by atoms with Crippen LogP contribution in [0.5, 0.6) is 0 Å². The van der Waals surface area contributed by atoms with E-state index in [-0.39, 0.29) is 31.3 Å². The number of carbonyl (C=O) groups excluding carboxylic acids is 4. The third kappa shape index (κ3) is 6.93. The van der Waals surface area contributed by atoms with Crippen molar-refractivity contribution >= 4 is 35.1 Å². The minimum atomic E-state index is -1.31. The van der Waals surface area contributed by atoms with Gasteiger partial charge in [0.25, 0.3) is 5.91 Å². The molecule has 0 aromatic heterocycles. The fraction of sp³-hybridized carbons (Fsp3) is 0.487. The second kappa shape index (κ2) is 16.0. The van der Waals surface area contributed by atoms with Crippen LogP contribution in [0.1, 0.15) is 58.1 Å². The topological polar surface area (TPSA) is 129 Å². The Labute approximate surface area is 294 Å². The second-order valence-electron chi connectivity index (χ2n) is 13.2. The second-order valence-corrected chi connectivity index (χ2v) is 13.2. The number of rotatable bonds is 17. The van der Waals surface area contributed by atoms with Crippen molar-refractivity contribution in [3.8, 4) is 0 Å². The van der Waals surface area contributed by atoms with Gasteiger partial charge in [0.1, 0.15) is 17.7 Å². The Kier molecular flexibility index (Phi) is 11.8. The molecule has 11 heteroatoms. The molecule has 2 aromatic carbocycles. The molecule has 0 radical (unpaired) electrons. The number of nitrogens with zero attached hydrogens (tertiary/aromatic N) is 3. The zero-order valence-corrected chi connectivity index (χ0v) is 29.3. The van der Waals surface area contributed by atoms with Crippen LogP contribution < -0.4 is 15.1 Å². The first kappa shape index (κ1) is 36.8. The Morgan fingerprint density at radius 2 is 1.76 bits per heavy atom. The van der Waals surface area contributed by atoms with Gasteiger partial charge < -0.3 is 34.6 Å². The van der Waals surface area contributed by atoms with E-state index in [1.165, 1.54) is 4.90 Å². The molecule has 0 unspecified atom stereocenters. The molecule has 268 valence electrons. The van der Waals surface area contributed by atoms with Crippen LogP contribution in [0.4, 0.5) is 11.4 Å². The molecule has 3 saturated heterocycles. The molecule has 3 fully saturated rings. The summed E-state index contributed by atoms with van der Waals surface area (Å²) in [5, 5.41) is 13.6. The number of ether oxygens (including phenoxy) is 2. The Morgan fingerprint density at radius 3 is 2.38 bits per heavy atom. The number of aliphatic hydroxyl groups excluding tert-OH is 1.